The minimum atomic E-state index is 0.116. The second kappa shape index (κ2) is 7.33. The third-order valence-electron chi connectivity index (χ3n) is 3.70. The first kappa shape index (κ1) is 17.6. The molecular formula is C19H11Cl2N5. The molecule has 5 nitrogen and oxygen atoms in total. The van der Waals surface area contributed by atoms with Gasteiger partial charge in [0, 0.05) is 15.6 Å². The average molecular weight is 380 g/mol. The van der Waals surface area contributed by atoms with E-state index in [2.05, 4.69) is 5.10 Å². The summed E-state index contributed by atoms with van der Waals surface area (Å²) in [6.07, 6.45) is 1.50. The van der Waals surface area contributed by atoms with Crippen molar-refractivity contribution in [2.75, 3.05) is 5.73 Å². The Balaban J connectivity index is 2.21. The number of allylic oxidation sites excluding steroid dienone is 1. The van der Waals surface area contributed by atoms with Crippen LogP contribution in [0.2, 0.25) is 10.0 Å². The summed E-state index contributed by atoms with van der Waals surface area (Å²) in [4.78, 5) is 0. The van der Waals surface area contributed by atoms with Gasteiger partial charge in [0.25, 0.3) is 0 Å². The van der Waals surface area contributed by atoms with Crippen LogP contribution in [0, 0.1) is 22.7 Å². The van der Waals surface area contributed by atoms with Crippen molar-refractivity contribution >= 4 is 40.7 Å². The van der Waals surface area contributed by atoms with Crippen LogP contribution in [0.1, 0.15) is 16.8 Å². The minimum absolute atomic E-state index is 0.116. The fourth-order valence-corrected chi connectivity index (χ4v) is 2.95. The van der Waals surface area contributed by atoms with E-state index in [1.54, 1.807) is 30.3 Å². The second-order valence-electron chi connectivity index (χ2n) is 5.27. The van der Waals surface area contributed by atoms with Crippen LogP contribution < -0.4 is 5.73 Å². The molecule has 2 aromatic carbocycles. The summed E-state index contributed by atoms with van der Waals surface area (Å²) in [5.74, 6) is 0.153. The van der Waals surface area contributed by atoms with E-state index in [1.165, 1.54) is 10.8 Å². The number of benzene rings is 2. The van der Waals surface area contributed by atoms with Crippen molar-refractivity contribution in [1.82, 2.24) is 9.78 Å². The number of nitriles is 2. The van der Waals surface area contributed by atoms with Gasteiger partial charge >= 0.3 is 0 Å². The molecule has 0 amide bonds. The van der Waals surface area contributed by atoms with Crippen LogP contribution in [0.15, 0.2) is 48.5 Å². The van der Waals surface area contributed by atoms with Gasteiger partial charge < -0.3 is 5.73 Å². The molecule has 3 rings (SSSR count). The van der Waals surface area contributed by atoms with Gasteiger partial charge in [0.1, 0.15) is 29.2 Å². The Morgan fingerprint density at radius 3 is 2.27 bits per heavy atom. The maximum absolute atomic E-state index is 9.61. The highest BCUT2D eigenvalue weighted by atomic mass is 35.5. The molecule has 0 saturated carbocycles. The number of nitrogens with zero attached hydrogens (tertiary/aromatic N) is 4. The van der Waals surface area contributed by atoms with Gasteiger partial charge in [-0.05, 0) is 30.3 Å². The quantitative estimate of drug-likeness (QED) is 0.667. The summed E-state index contributed by atoms with van der Waals surface area (Å²) >= 11 is 12.3. The molecule has 0 aliphatic heterocycles. The fourth-order valence-electron chi connectivity index (χ4n) is 2.44. The van der Waals surface area contributed by atoms with Crippen LogP contribution in [0.25, 0.3) is 17.3 Å². The first-order valence-electron chi connectivity index (χ1n) is 7.47. The van der Waals surface area contributed by atoms with Crippen LogP contribution in [-0.2, 0) is 0 Å². The van der Waals surface area contributed by atoms with E-state index in [0.717, 1.165) is 0 Å². The number of aromatic nitrogens is 2. The topological polar surface area (TPSA) is 91.4 Å². The third-order valence-corrected chi connectivity index (χ3v) is 4.36. The highest BCUT2D eigenvalue weighted by Crippen LogP contribution is 2.31. The summed E-state index contributed by atoms with van der Waals surface area (Å²) in [6.45, 7) is 0. The predicted molar refractivity (Wildman–Crippen MR) is 103 cm³/mol. The molecule has 26 heavy (non-hydrogen) atoms. The molecule has 2 N–H and O–H groups in total. The van der Waals surface area contributed by atoms with Gasteiger partial charge in [0.05, 0.1) is 11.3 Å². The van der Waals surface area contributed by atoms with Crippen LogP contribution in [-0.4, -0.2) is 9.78 Å². The van der Waals surface area contributed by atoms with E-state index in [0.29, 0.717) is 21.3 Å². The first-order valence-corrected chi connectivity index (χ1v) is 8.22. The van der Waals surface area contributed by atoms with E-state index in [9.17, 15) is 10.5 Å². The molecule has 1 heterocycles. The van der Waals surface area contributed by atoms with Crippen molar-refractivity contribution in [1.29, 1.82) is 10.5 Å². The van der Waals surface area contributed by atoms with Crippen molar-refractivity contribution in [3.63, 3.8) is 0 Å². The largest absolute Gasteiger partial charge is 0.382 e. The maximum Gasteiger partial charge on any atom is 0.145 e. The van der Waals surface area contributed by atoms with Crippen molar-refractivity contribution in [3.8, 4) is 17.8 Å². The molecule has 0 saturated heterocycles. The maximum atomic E-state index is 9.61. The first-order chi connectivity index (χ1) is 12.6. The van der Waals surface area contributed by atoms with Crippen LogP contribution >= 0.6 is 23.2 Å². The van der Waals surface area contributed by atoms with E-state index in [1.807, 2.05) is 30.3 Å². The second-order valence-corrected chi connectivity index (χ2v) is 6.09. The lowest BCUT2D eigenvalue weighted by atomic mass is 10.1. The zero-order valence-electron chi connectivity index (χ0n) is 13.3. The van der Waals surface area contributed by atoms with Crippen LogP contribution in [0.4, 0.5) is 5.82 Å². The number of halogens is 2. The van der Waals surface area contributed by atoms with Crippen molar-refractivity contribution in [2.45, 2.75) is 0 Å². The van der Waals surface area contributed by atoms with E-state index < -0.39 is 0 Å². The monoisotopic (exact) mass is 379 g/mol. The number of nitrogen functional groups attached to an aromatic ring is 1. The summed E-state index contributed by atoms with van der Waals surface area (Å²) in [7, 11) is 0. The molecule has 0 aliphatic carbocycles. The average Bonchev–Trinajstić information content (AvgIpc) is 2.98. The molecule has 0 unspecified atom stereocenters. The molecule has 126 valence electrons. The fraction of sp³-hybridized carbons (Fsp3) is 0. The van der Waals surface area contributed by atoms with Crippen molar-refractivity contribution in [2.24, 2.45) is 0 Å². The Morgan fingerprint density at radius 2 is 1.69 bits per heavy atom. The van der Waals surface area contributed by atoms with Gasteiger partial charge in [-0.25, -0.2) is 4.68 Å². The number of rotatable bonds is 3. The predicted octanol–water partition coefficient (Wildman–Crippen LogP) is 4.70. The smallest absolute Gasteiger partial charge is 0.145 e. The lowest BCUT2D eigenvalue weighted by Crippen LogP contribution is -2.02. The zero-order chi connectivity index (χ0) is 18.7. The highest BCUT2D eigenvalue weighted by molar-refractivity contribution is 6.37. The molecule has 7 heteroatoms. The zero-order valence-corrected chi connectivity index (χ0v) is 14.8. The molecule has 0 bridgehead atoms. The highest BCUT2D eigenvalue weighted by Gasteiger charge is 2.20. The molecule has 0 spiro atoms. The molecular weight excluding hydrogens is 369 g/mol. The molecule has 0 radical (unpaired) electrons. The normalized spacial score (nSPS) is 11.0. The standard InChI is InChI=1S/C19H11Cl2N5/c20-16-7-4-8-17(21)14(16)9-12(10-22)18-15(11-23)19(24)26(25-18)13-5-2-1-3-6-13/h1-9H,24H2/b12-9+. The molecule has 3 aromatic rings. The Kier molecular flexibility index (Phi) is 4.95. The van der Waals surface area contributed by atoms with Crippen LogP contribution in [0.5, 0.6) is 0 Å². The van der Waals surface area contributed by atoms with Gasteiger partial charge in [-0.2, -0.15) is 15.6 Å². The van der Waals surface area contributed by atoms with Gasteiger partial charge in [-0.15, -0.1) is 0 Å². The number of para-hydroxylation sites is 1. The van der Waals surface area contributed by atoms with E-state index in [4.69, 9.17) is 28.9 Å². The SMILES string of the molecule is N#C/C(=C\c1c(Cl)cccc1Cl)c1nn(-c2ccccc2)c(N)c1C#N. The Morgan fingerprint density at radius 1 is 1.04 bits per heavy atom. The van der Waals surface area contributed by atoms with Gasteiger partial charge in [-0.1, -0.05) is 47.5 Å². The minimum Gasteiger partial charge on any atom is -0.382 e. The Bertz CT molecular complexity index is 1070. The summed E-state index contributed by atoms with van der Waals surface area (Å²) < 4.78 is 1.42. The van der Waals surface area contributed by atoms with Crippen molar-refractivity contribution in [3.05, 3.63) is 75.4 Å². The van der Waals surface area contributed by atoms with Crippen molar-refractivity contribution < 1.29 is 0 Å². The molecule has 1 aromatic heterocycles. The number of hydrogen-bond acceptors (Lipinski definition) is 4. The number of hydrogen-bond donors (Lipinski definition) is 1. The Hall–Kier alpha value is -3.25. The van der Waals surface area contributed by atoms with Gasteiger partial charge in [0.15, 0.2) is 0 Å². The van der Waals surface area contributed by atoms with E-state index in [-0.39, 0.29) is 22.6 Å². The third kappa shape index (κ3) is 3.14. The number of anilines is 1. The van der Waals surface area contributed by atoms with E-state index >= 15 is 0 Å². The lowest BCUT2D eigenvalue weighted by Gasteiger charge is -2.03. The summed E-state index contributed by atoms with van der Waals surface area (Å²) in [5, 5.41) is 24.3. The molecule has 0 aliphatic rings. The molecule has 0 fully saturated rings. The summed E-state index contributed by atoms with van der Waals surface area (Å²) in [6, 6.07) is 18.2. The lowest BCUT2D eigenvalue weighted by molar-refractivity contribution is 0.885. The van der Waals surface area contributed by atoms with Gasteiger partial charge in [-0.3, -0.25) is 0 Å². The van der Waals surface area contributed by atoms with Crippen LogP contribution in [0.3, 0.4) is 0 Å². The molecule has 0 atom stereocenters. The Labute approximate surface area is 160 Å². The summed E-state index contributed by atoms with van der Waals surface area (Å²) in [5.41, 5.74) is 7.66. The number of nitrogens with two attached hydrogens (primary N) is 1. The van der Waals surface area contributed by atoms with Gasteiger partial charge in [0.2, 0.25) is 0 Å².